The molecule has 0 saturated carbocycles. The first-order valence-electron chi connectivity index (χ1n) is 4.10. The molecule has 1 aliphatic rings. The van der Waals surface area contributed by atoms with Crippen molar-refractivity contribution in [2.45, 2.75) is 0 Å². The van der Waals surface area contributed by atoms with Gasteiger partial charge in [-0.25, -0.2) is 4.79 Å². The summed E-state index contributed by atoms with van der Waals surface area (Å²) in [5.74, 6) is -1.06. The minimum Gasteiger partial charge on any atom is -0.478 e. The molecule has 1 N–H and O–H groups in total. The first-order chi connectivity index (χ1) is 7.20. The summed E-state index contributed by atoms with van der Waals surface area (Å²) in [7, 11) is -1.39. The molecule has 1 atom stereocenters. The number of hydrogen-bond acceptors (Lipinski definition) is 3. The Balaban J connectivity index is 2.54. The summed E-state index contributed by atoms with van der Waals surface area (Å²) in [6.07, 6.45) is 2.46. The first kappa shape index (κ1) is 9.79. The van der Waals surface area contributed by atoms with Gasteiger partial charge in [-0.05, 0) is 21.9 Å². The zero-order chi connectivity index (χ0) is 10.8. The van der Waals surface area contributed by atoms with E-state index >= 15 is 0 Å². The van der Waals surface area contributed by atoms with Gasteiger partial charge in [0.15, 0.2) is 0 Å². The Hall–Kier alpha value is -1.75. The molecule has 0 spiro atoms. The Morgan fingerprint density at radius 3 is 2.73 bits per heavy atom. The molecule has 15 heavy (non-hydrogen) atoms. The van der Waals surface area contributed by atoms with Gasteiger partial charge in [-0.1, -0.05) is 29.2 Å². The van der Waals surface area contributed by atoms with Crippen LogP contribution >= 0.6 is 0 Å². The monoisotopic (exact) mass is 220 g/mol. The van der Waals surface area contributed by atoms with E-state index in [0.29, 0.717) is 5.56 Å². The van der Waals surface area contributed by atoms with E-state index in [1.807, 2.05) is 0 Å². The van der Waals surface area contributed by atoms with E-state index in [2.05, 4.69) is 11.2 Å². The van der Waals surface area contributed by atoms with Gasteiger partial charge < -0.3 is 10.1 Å². The normalized spacial score (nSPS) is 18.9. The van der Waals surface area contributed by atoms with Crippen LogP contribution in [-0.4, -0.2) is 20.3 Å². The second kappa shape index (κ2) is 3.78. The summed E-state index contributed by atoms with van der Waals surface area (Å²) in [5.41, 5.74) is 0.478. The smallest absolute Gasteiger partial charge is 0.334 e. The van der Waals surface area contributed by atoms with E-state index in [4.69, 9.17) is 5.11 Å². The molecule has 1 heterocycles. The van der Waals surface area contributed by atoms with Crippen LogP contribution in [0.15, 0.2) is 34.7 Å². The summed E-state index contributed by atoms with van der Waals surface area (Å²) in [4.78, 5) is 14.7. The number of hydrogen-bond donors (Lipinski definition) is 1. The van der Waals surface area contributed by atoms with Gasteiger partial charge in [0.25, 0.3) is 0 Å². The lowest BCUT2D eigenvalue weighted by Crippen LogP contribution is -2.10. The molecule has 0 aliphatic carbocycles. The number of carbonyl (C=O) groups is 1. The zero-order valence-electron chi connectivity index (χ0n) is 7.51. The number of aromatic carboxylic acids is 1. The Labute approximate surface area is 88.4 Å². The molecule has 0 aromatic heterocycles. The van der Waals surface area contributed by atoms with Crippen molar-refractivity contribution >= 4 is 21.8 Å². The van der Waals surface area contributed by atoms with Crippen molar-refractivity contribution in [3.63, 3.8) is 0 Å². The largest absolute Gasteiger partial charge is 0.478 e. The van der Waals surface area contributed by atoms with Gasteiger partial charge in [-0.15, -0.1) is 6.20 Å². The molecule has 1 aromatic rings. The lowest BCUT2D eigenvalue weighted by Gasteiger charge is -2.11. The SMILES string of the molecule is O=C(O)c1ccccc1C1=N[C-]=CS1=O. The van der Waals surface area contributed by atoms with Gasteiger partial charge in [0, 0.05) is 0 Å². The highest BCUT2D eigenvalue weighted by atomic mass is 32.2. The molecule has 1 unspecified atom stereocenters. The maximum absolute atomic E-state index is 11.4. The van der Waals surface area contributed by atoms with Gasteiger partial charge in [-0.3, -0.25) is 4.21 Å². The third-order valence-corrected chi connectivity index (χ3v) is 2.92. The zero-order valence-corrected chi connectivity index (χ0v) is 8.32. The van der Waals surface area contributed by atoms with Crippen LogP contribution < -0.4 is 0 Å². The highest BCUT2D eigenvalue weighted by Gasteiger charge is 2.11. The van der Waals surface area contributed by atoms with E-state index < -0.39 is 16.8 Å². The van der Waals surface area contributed by atoms with E-state index in [1.165, 1.54) is 11.5 Å². The van der Waals surface area contributed by atoms with Crippen LogP contribution in [-0.2, 0) is 10.8 Å². The molecule has 1 aliphatic heterocycles. The van der Waals surface area contributed by atoms with E-state index in [-0.39, 0.29) is 10.6 Å². The fourth-order valence-corrected chi connectivity index (χ4v) is 2.06. The van der Waals surface area contributed by atoms with Crippen molar-refractivity contribution in [1.82, 2.24) is 0 Å². The van der Waals surface area contributed by atoms with Crippen LogP contribution in [0.25, 0.3) is 0 Å². The second-order valence-corrected chi connectivity index (χ2v) is 4.03. The molecular weight excluding hydrogens is 214 g/mol. The average Bonchev–Trinajstić information content (AvgIpc) is 2.64. The standard InChI is InChI=1S/C10H6NO3S/c12-10(13)8-4-2-1-3-7(8)9-11-5-6-15(9)14/h1-4,6H,(H,12,13)/q-1. The lowest BCUT2D eigenvalue weighted by atomic mass is 10.1. The van der Waals surface area contributed by atoms with Crippen molar-refractivity contribution in [3.8, 4) is 0 Å². The van der Waals surface area contributed by atoms with E-state index in [0.717, 1.165) is 0 Å². The predicted octanol–water partition coefficient (Wildman–Crippen LogP) is 1.17. The maximum atomic E-state index is 11.4. The Morgan fingerprint density at radius 2 is 2.13 bits per heavy atom. The molecule has 0 amide bonds. The molecule has 0 fully saturated rings. The van der Waals surface area contributed by atoms with Crippen LogP contribution in [0.4, 0.5) is 0 Å². The molecule has 5 heteroatoms. The Morgan fingerprint density at radius 1 is 1.40 bits per heavy atom. The van der Waals surface area contributed by atoms with E-state index in [1.54, 1.807) is 18.2 Å². The fraction of sp³-hybridized carbons (Fsp3) is 0. The van der Waals surface area contributed by atoms with Crippen molar-refractivity contribution in [2.75, 3.05) is 0 Å². The van der Waals surface area contributed by atoms with Crippen molar-refractivity contribution in [3.05, 3.63) is 47.0 Å². The van der Waals surface area contributed by atoms with Gasteiger partial charge in [0.2, 0.25) is 0 Å². The fourth-order valence-electron chi connectivity index (χ4n) is 1.26. The molecule has 76 valence electrons. The van der Waals surface area contributed by atoms with Gasteiger partial charge in [0.05, 0.1) is 5.56 Å². The van der Waals surface area contributed by atoms with Crippen molar-refractivity contribution < 1.29 is 14.1 Å². The number of carboxylic acid groups (broad SMARTS) is 1. The van der Waals surface area contributed by atoms with Crippen LogP contribution in [0.2, 0.25) is 0 Å². The highest BCUT2D eigenvalue weighted by Crippen LogP contribution is 2.15. The van der Waals surface area contributed by atoms with E-state index in [9.17, 15) is 9.00 Å². The van der Waals surface area contributed by atoms with Crippen molar-refractivity contribution in [2.24, 2.45) is 4.99 Å². The van der Waals surface area contributed by atoms with Gasteiger partial charge >= 0.3 is 5.97 Å². The Kier molecular flexibility index (Phi) is 2.47. The Bertz CT molecular complexity index is 505. The van der Waals surface area contributed by atoms with Crippen LogP contribution in [0.1, 0.15) is 15.9 Å². The first-order valence-corrected chi connectivity index (χ1v) is 5.31. The molecule has 0 bridgehead atoms. The van der Waals surface area contributed by atoms with Crippen LogP contribution in [0.5, 0.6) is 0 Å². The third kappa shape index (κ3) is 1.73. The molecule has 1 aromatic carbocycles. The lowest BCUT2D eigenvalue weighted by molar-refractivity contribution is 0.0697. The minimum absolute atomic E-state index is 0.0988. The number of rotatable bonds is 2. The topological polar surface area (TPSA) is 66.7 Å². The molecule has 0 radical (unpaired) electrons. The second-order valence-electron chi connectivity index (χ2n) is 2.81. The van der Waals surface area contributed by atoms with Gasteiger partial charge in [-0.2, -0.15) is 0 Å². The minimum atomic E-state index is -1.39. The molecule has 4 nitrogen and oxygen atoms in total. The summed E-state index contributed by atoms with van der Waals surface area (Å²) in [5, 5.41) is 10.5. The predicted molar refractivity (Wildman–Crippen MR) is 55.9 cm³/mol. The average molecular weight is 220 g/mol. The molecular formula is C10H6NO3S-. The third-order valence-electron chi connectivity index (χ3n) is 1.90. The quantitative estimate of drug-likeness (QED) is 0.761. The maximum Gasteiger partial charge on any atom is 0.334 e. The summed E-state index contributed by atoms with van der Waals surface area (Å²) in [6, 6.07) is 6.33. The summed E-state index contributed by atoms with van der Waals surface area (Å²) >= 11 is 0. The van der Waals surface area contributed by atoms with Crippen LogP contribution in [0, 0.1) is 6.20 Å². The number of aliphatic imine (C=N–C) groups is 1. The number of nitrogens with zero attached hydrogens (tertiary/aromatic N) is 1. The number of benzene rings is 1. The van der Waals surface area contributed by atoms with Crippen molar-refractivity contribution in [1.29, 1.82) is 0 Å². The molecule has 0 saturated heterocycles. The van der Waals surface area contributed by atoms with Gasteiger partial charge in [0.1, 0.15) is 0 Å². The highest BCUT2D eigenvalue weighted by molar-refractivity contribution is 8.04. The summed E-state index contributed by atoms with van der Waals surface area (Å²) in [6.45, 7) is 0. The number of carboxylic acids is 1. The van der Waals surface area contributed by atoms with Crippen LogP contribution in [0.3, 0.4) is 0 Å². The molecule has 2 rings (SSSR count). The summed E-state index contributed by atoms with van der Waals surface area (Å²) < 4.78 is 11.4.